The van der Waals surface area contributed by atoms with Crippen molar-refractivity contribution in [2.75, 3.05) is 26.2 Å². The van der Waals surface area contributed by atoms with Crippen molar-refractivity contribution in [1.29, 1.82) is 0 Å². The van der Waals surface area contributed by atoms with Crippen molar-refractivity contribution in [3.05, 3.63) is 22.3 Å². The molecule has 1 aromatic carbocycles. The number of phenolic OH excluding ortho intramolecular Hbond substituents is 1. The first-order chi connectivity index (χ1) is 9.54. The summed E-state index contributed by atoms with van der Waals surface area (Å²) in [5.41, 5.74) is 4.21. The van der Waals surface area contributed by atoms with E-state index >= 15 is 0 Å². The van der Waals surface area contributed by atoms with Crippen molar-refractivity contribution < 1.29 is 26.8 Å². The van der Waals surface area contributed by atoms with E-state index in [0.717, 1.165) is 41.7 Å². The average molecular weight is 389 g/mol. The second-order valence-corrected chi connectivity index (χ2v) is 12.9. The van der Waals surface area contributed by atoms with E-state index < -0.39 is 7.26 Å². The van der Waals surface area contributed by atoms with Crippen molar-refractivity contribution >= 4 is 7.26 Å². The average Bonchev–Trinajstić information content (AvgIpc) is 2.40. The van der Waals surface area contributed by atoms with Crippen LogP contribution in [0.1, 0.15) is 42.0 Å². The molecule has 0 aromatic heterocycles. The second-order valence-electron chi connectivity index (χ2n) is 7.85. The fraction of sp³-hybridized carbons (Fsp3) is 0.667. The highest BCUT2D eigenvalue weighted by Crippen LogP contribution is 2.50. The number of fused-ring (bicyclic) bond motifs is 1. The Morgan fingerprint density at radius 3 is 2.23 bits per heavy atom. The van der Waals surface area contributed by atoms with Gasteiger partial charge in [0.15, 0.2) is 0 Å². The number of phenols is 1. The predicted molar refractivity (Wildman–Crippen MR) is 93.8 cm³/mol. The quantitative estimate of drug-likeness (QED) is 0.798. The topological polar surface area (TPSA) is 29.5 Å². The zero-order valence-corrected chi connectivity index (χ0v) is 17.5. The Bertz CT molecular complexity index is 563. The van der Waals surface area contributed by atoms with Crippen LogP contribution in [0.25, 0.3) is 0 Å². The third-order valence-electron chi connectivity index (χ3n) is 4.90. The van der Waals surface area contributed by atoms with E-state index in [1.165, 1.54) is 11.7 Å². The first kappa shape index (κ1) is 19.8. The molecule has 1 N–H and O–H groups in total. The van der Waals surface area contributed by atoms with E-state index in [9.17, 15) is 5.11 Å². The van der Waals surface area contributed by atoms with E-state index in [-0.39, 0.29) is 22.6 Å². The van der Waals surface area contributed by atoms with E-state index in [4.69, 9.17) is 4.74 Å². The van der Waals surface area contributed by atoms with Crippen LogP contribution in [0.15, 0.2) is 0 Å². The monoisotopic (exact) mass is 388 g/mol. The Balaban J connectivity index is 0.00000242. The molecule has 0 saturated carbocycles. The standard InChI is InChI=1S/C18H29O2P.BrH/c1-12-13(2)17-15(14(3)16(12)19)8-9-18(4,20-17)10-11-21(5,6)7;/h8-11H2,1-7H3;1H/t18-;/m1./s1. The molecule has 4 heteroatoms. The van der Waals surface area contributed by atoms with Gasteiger partial charge in [0.1, 0.15) is 17.1 Å². The highest BCUT2D eigenvalue weighted by Gasteiger charge is 2.36. The van der Waals surface area contributed by atoms with Gasteiger partial charge in [-0.15, -0.1) is 0 Å². The van der Waals surface area contributed by atoms with Gasteiger partial charge < -0.3 is 26.8 Å². The summed E-state index contributed by atoms with van der Waals surface area (Å²) in [6, 6.07) is 0. The Morgan fingerprint density at radius 1 is 1.09 bits per heavy atom. The second kappa shape index (κ2) is 6.69. The molecule has 2 nitrogen and oxygen atoms in total. The molecule has 0 unspecified atom stereocenters. The van der Waals surface area contributed by atoms with Crippen LogP contribution in [0.4, 0.5) is 0 Å². The smallest absolute Gasteiger partial charge is 0.127 e. The zero-order chi connectivity index (χ0) is 16.0. The maximum Gasteiger partial charge on any atom is 0.127 e. The number of rotatable bonds is 3. The maximum absolute atomic E-state index is 10.2. The summed E-state index contributed by atoms with van der Waals surface area (Å²) in [4.78, 5) is 0. The lowest BCUT2D eigenvalue weighted by atomic mass is 9.86. The van der Waals surface area contributed by atoms with Crippen molar-refractivity contribution in [1.82, 2.24) is 0 Å². The van der Waals surface area contributed by atoms with Gasteiger partial charge in [-0.25, -0.2) is 0 Å². The molecule has 0 bridgehead atoms. The fourth-order valence-corrected chi connectivity index (χ4v) is 4.19. The molecule has 22 heavy (non-hydrogen) atoms. The number of halogens is 1. The Hall–Kier alpha value is -0.270. The number of ether oxygens (including phenoxy) is 1. The van der Waals surface area contributed by atoms with Crippen LogP contribution in [0.3, 0.4) is 0 Å². The Morgan fingerprint density at radius 2 is 1.68 bits per heavy atom. The highest BCUT2D eigenvalue weighted by atomic mass is 79.9. The summed E-state index contributed by atoms with van der Waals surface area (Å²) in [7, 11) is -0.768. The molecular weight excluding hydrogens is 359 g/mol. The van der Waals surface area contributed by atoms with Crippen LogP contribution < -0.4 is 21.7 Å². The molecule has 1 heterocycles. The van der Waals surface area contributed by atoms with Crippen molar-refractivity contribution in [3.63, 3.8) is 0 Å². The van der Waals surface area contributed by atoms with Crippen LogP contribution >= 0.6 is 7.26 Å². The van der Waals surface area contributed by atoms with E-state index in [1.807, 2.05) is 13.8 Å². The van der Waals surface area contributed by atoms with Gasteiger partial charge in [-0.1, -0.05) is 0 Å². The van der Waals surface area contributed by atoms with Gasteiger partial charge in [-0.05, 0) is 57.2 Å². The lowest BCUT2D eigenvalue weighted by molar-refractivity contribution is -0.0000102. The minimum absolute atomic E-state index is 0. The molecule has 2 rings (SSSR count). The molecule has 126 valence electrons. The minimum atomic E-state index is -0.768. The Labute approximate surface area is 146 Å². The van der Waals surface area contributed by atoms with Gasteiger partial charge in [0, 0.05) is 39.2 Å². The van der Waals surface area contributed by atoms with Crippen molar-refractivity contribution in [2.24, 2.45) is 0 Å². The fourth-order valence-electron chi connectivity index (χ4n) is 3.04. The summed E-state index contributed by atoms with van der Waals surface area (Å²) in [5, 5.41) is 10.2. The molecule has 1 atom stereocenters. The van der Waals surface area contributed by atoms with Crippen LogP contribution in [0, 0.1) is 20.8 Å². The van der Waals surface area contributed by atoms with E-state index in [2.05, 4.69) is 33.8 Å². The lowest BCUT2D eigenvalue weighted by Crippen LogP contribution is -3.00. The summed E-state index contributed by atoms with van der Waals surface area (Å²) in [6.45, 7) is 15.5. The van der Waals surface area contributed by atoms with Gasteiger partial charge in [0.25, 0.3) is 0 Å². The first-order valence-electron chi connectivity index (χ1n) is 7.85. The van der Waals surface area contributed by atoms with Crippen molar-refractivity contribution in [2.45, 2.75) is 52.6 Å². The minimum Gasteiger partial charge on any atom is -1.00 e. The molecule has 1 aliphatic heterocycles. The number of hydrogen-bond acceptors (Lipinski definition) is 2. The first-order valence-corrected chi connectivity index (χ1v) is 11.2. The maximum atomic E-state index is 10.2. The van der Waals surface area contributed by atoms with Crippen LogP contribution in [-0.2, 0) is 6.42 Å². The van der Waals surface area contributed by atoms with Gasteiger partial charge in [-0.3, -0.25) is 0 Å². The highest BCUT2D eigenvalue weighted by molar-refractivity contribution is 7.73. The van der Waals surface area contributed by atoms with E-state index in [1.54, 1.807) is 0 Å². The van der Waals surface area contributed by atoms with Crippen LogP contribution in [-0.4, -0.2) is 36.9 Å². The summed E-state index contributed by atoms with van der Waals surface area (Å²) in [6.07, 6.45) is 4.45. The lowest BCUT2D eigenvalue weighted by Gasteiger charge is -2.38. The molecule has 1 aliphatic rings. The normalized spacial score (nSPS) is 20.9. The molecule has 0 fully saturated rings. The molecule has 0 radical (unpaired) electrons. The van der Waals surface area contributed by atoms with Gasteiger partial charge in [-0.2, -0.15) is 0 Å². The summed E-state index contributed by atoms with van der Waals surface area (Å²) >= 11 is 0. The molecular formula is C18H30BrO2P. The molecule has 0 amide bonds. The van der Waals surface area contributed by atoms with Crippen LogP contribution in [0.5, 0.6) is 11.5 Å². The molecule has 1 aromatic rings. The SMILES string of the molecule is Cc1c(C)c2c(c(C)c1O)CC[C@](C)(CC[P+](C)(C)C)O2.[Br-]. The number of hydrogen-bond donors (Lipinski definition) is 1. The number of benzene rings is 1. The molecule has 0 saturated heterocycles. The third-order valence-corrected chi connectivity index (χ3v) is 6.47. The predicted octanol–water partition coefficient (Wildman–Crippen LogP) is 1.70. The molecule has 0 spiro atoms. The van der Waals surface area contributed by atoms with Gasteiger partial charge in [0.2, 0.25) is 0 Å². The van der Waals surface area contributed by atoms with Gasteiger partial charge in [0.05, 0.1) is 6.16 Å². The largest absolute Gasteiger partial charge is 1.00 e. The third kappa shape index (κ3) is 3.97. The molecule has 0 aliphatic carbocycles. The number of aromatic hydroxyl groups is 1. The Kier molecular flexibility index (Phi) is 6.01. The van der Waals surface area contributed by atoms with Gasteiger partial charge >= 0.3 is 0 Å². The van der Waals surface area contributed by atoms with Crippen LogP contribution in [0.2, 0.25) is 0 Å². The van der Waals surface area contributed by atoms with Crippen molar-refractivity contribution in [3.8, 4) is 11.5 Å². The van der Waals surface area contributed by atoms with E-state index in [0.29, 0.717) is 5.75 Å². The summed E-state index contributed by atoms with van der Waals surface area (Å²) < 4.78 is 6.47. The summed E-state index contributed by atoms with van der Waals surface area (Å²) in [5.74, 6) is 1.47. The zero-order valence-electron chi connectivity index (χ0n) is 15.0.